The second-order valence-corrected chi connectivity index (χ2v) is 9.89. The third kappa shape index (κ3) is 5.53. The highest BCUT2D eigenvalue weighted by atomic mass is 35.5. The van der Waals surface area contributed by atoms with Crippen molar-refractivity contribution < 1.29 is 0 Å². The van der Waals surface area contributed by atoms with Crippen molar-refractivity contribution in [3.63, 3.8) is 0 Å². The standard InChI is InChI=1S/C26H28Cl2N6S/c1-15-9-11-20(12-10-15)13-33-18(4)24(16(2)31-33)29-26(35)30-25-17(3)32-34(19(25)5)14-21-22(27)7-6-8-23(21)28/h6-12H,13-14H2,1-5H3,(H2,29,30,35). The molecule has 2 N–H and O–H groups in total. The number of thiocarbonyl (C=S) groups is 1. The van der Waals surface area contributed by atoms with Crippen molar-refractivity contribution in [1.82, 2.24) is 19.6 Å². The maximum Gasteiger partial charge on any atom is 0.175 e. The summed E-state index contributed by atoms with van der Waals surface area (Å²) in [5.74, 6) is 0. The van der Waals surface area contributed by atoms with E-state index in [0.29, 0.717) is 28.2 Å². The normalized spacial score (nSPS) is 11.1. The Bertz CT molecular complexity index is 1370. The molecule has 9 heteroatoms. The van der Waals surface area contributed by atoms with Gasteiger partial charge < -0.3 is 10.6 Å². The summed E-state index contributed by atoms with van der Waals surface area (Å²) in [6.07, 6.45) is 0. The third-order valence-corrected chi connectivity index (χ3v) is 6.97. The van der Waals surface area contributed by atoms with E-state index < -0.39 is 0 Å². The predicted molar refractivity (Wildman–Crippen MR) is 149 cm³/mol. The van der Waals surface area contributed by atoms with E-state index in [-0.39, 0.29) is 0 Å². The lowest BCUT2D eigenvalue weighted by Crippen LogP contribution is -2.21. The number of rotatable bonds is 6. The molecule has 0 saturated carbocycles. The van der Waals surface area contributed by atoms with Crippen LogP contribution in [-0.4, -0.2) is 24.7 Å². The minimum Gasteiger partial charge on any atom is -0.329 e. The molecule has 35 heavy (non-hydrogen) atoms. The van der Waals surface area contributed by atoms with Crippen LogP contribution in [-0.2, 0) is 13.1 Å². The highest BCUT2D eigenvalue weighted by molar-refractivity contribution is 7.80. The summed E-state index contributed by atoms with van der Waals surface area (Å²) >= 11 is 18.4. The molecule has 182 valence electrons. The van der Waals surface area contributed by atoms with Crippen molar-refractivity contribution in [3.8, 4) is 0 Å². The lowest BCUT2D eigenvalue weighted by molar-refractivity contribution is 0.659. The van der Waals surface area contributed by atoms with Gasteiger partial charge in [0.25, 0.3) is 0 Å². The Hall–Kier alpha value is -2.87. The smallest absolute Gasteiger partial charge is 0.175 e. The molecular weight excluding hydrogens is 499 g/mol. The van der Waals surface area contributed by atoms with E-state index in [9.17, 15) is 0 Å². The molecule has 4 aromatic rings. The minimum atomic E-state index is 0.469. The van der Waals surface area contributed by atoms with Crippen molar-refractivity contribution in [2.75, 3.05) is 10.6 Å². The fraction of sp³-hybridized carbons (Fsp3) is 0.269. The van der Waals surface area contributed by atoms with Crippen LogP contribution in [0.15, 0.2) is 42.5 Å². The van der Waals surface area contributed by atoms with Crippen LogP contribution in [0.1, 0.15) is 39.5 Å². The highest BCUT2D eigenvalue weighted by Crippen LogP contribution is 2.28. The molecule has 4 rings (SSSR count). The lowest BCUT2D eigenvalue weighted by atomic mass is 10.1. The number of benzene rings is 2. The molecule has 6 nitrogen and oxygen atoms in total. The van der Waals surface area contributed by atoms with Crippen molar-refractivity contribution >= 4 is 51.9 Å². The second-order valence-electron chi connectivity index (χ2n) is 8.67. The molecule has 0 fully saturated rings. The van der Waals surface area contributed by atoms with Crippen LogP contribution >= 0.6 is 35.4 Å². The number of halogens is 2. The highest BCUT2D eigenvalue weighted by Gasteiger charge is 2.17. The van der Waals surface area contributed by atoms with Crippen LogP contribution < -0.4 is 10.6 Å². The van der Waals surface area contributed by atoms with Crippen molar-refractivity contribution in [1.29, 1.82) is 0 Å². The molecule has 0 spiro atoms. The van der Waals surface area contributed by atoms with E-state index in [0.717, 1.165) is 39.7 Å². The van der Waals surface area contributed by atoms with Gasteiger partial charge >= 0.3 is 0 Å². The van der Waals surface area contributed by atoms with Gasteiger partial charge in [-0.25, -0.2) is 0 Å². The molecule has 0 aliphatic heterocycles. The first-order valence-electron chi connectivity index (χ1n) is 11.3. The molecule has 0 atom stereocenters. The van der Waals surface area contributed by atoms with Crippen LogP contribution in [0.25, 0.3) is 0 Å². The van der Waals surface area contributed by atoms with Crippen LogP contribution in [0.3, 0.4) is 0 Å². The van der Waals surface area contributed by atoms with E-state index in [4.69, 9.17) is 40.5 Å². The number of hydrogen-bond donors (Lipinski definition) is 2. The van der Waals surface area contributed by atoms with Gasteiger partial charge in [-0.05, 0) is 64.5 Å². The molecule has 0 amide bonds. The number of anilines is 2. The molecule has 2 aromatic heterocycles. The summed E-state index contributed by atoms with van der Waals surface area (Å²) in [5, 5.41) is 17.7. The molecule has 2 aromatic carbocycles. The van der Waals surface area contributed by atoms with E-state index in [2.05, 4.69) is 46.9 Å². The summed E-state index contributed by atoms with van der Waals surface area (Å²) in [4.78, 5) is 0. The molecule has 0 bridgehead atoms. The quantitative estimate of drug-likeness (QED) is 0.269. The van der Waals surface area contributed by atoms with E-state index >= 15 is 0 Å². The Labute approximate surface area is 221 Å². The number of nitrogens with one attached hydrogen (secondary N) is 2. The first-order valence-corrected chi connectivity index (χ1v) is 12.4. The molecule has 0 unspecified atom stereocenters. The van der Waals surface area contributed by atoms with Gasteiger partial charge in [-0.2, -0.15) is 10.2 Å². The van der Waals surface area contributed by atoms with Gasteiger partial charge in [-0.3, -0.25) is 9.36 Å². The Kier molecular flexibility index (Phi) is 7.50. The maximum absolute atomic E-state index is 6.36. The van der Waals surface area contributed by atoms with Crippen LogP contribution in [0.2, 0.25) is 10.0 Å². The zero-order valence-electron chi connectivity index (χ0n) is 20.4. The maximum atomic E-state index is 6.36. The van der Waals surface area contributed by atoms with Gasteiger partial charge in [0.15, 0.2) is 5.11 Å². The summed E-state index contributed by atoms with van der Waals surface area (Å²) in [7, 11) is 0. The lowest BCUT2D eigenvalue weighted by Gasteiger charge is -2.12. The van der Waals surface area contributed by atoms with Gasteiger partial charge in [0, 0.05) is 15.6 Å². The number of aromatic nitrogens is 4. The third-order valence-electron chi connectivity index (χ3n) is 6.06. The Morgan fingerprint density at radius 3 is 1.77 bits per heavy atom. The summed E-state index contributed by atoms with van der Waals surface area (Å²) in [6, 6.07) is 14.0. The van der Waals surface area contributed by atoms with E-state index in [1.807, 2.05) is 55.3 Å². The van der Waals surface area contributed by atoms with Gasteiger partial charge in [-0.1, -0.05) is 59.1 Å². The average molecular weight is 528 g/mol. The minimum absolute atomic E-state index is 0.469. The van der Waals surface area contributed by atoms with Gasteiger partial charge in [0.05, 0.1) is 47.2 Å². The zero-order chi connectivity index (χ0) is 25.3. The average Bonchev–Trinajstić information content (AvgIpc) is 3.22. The van der Waals surface area contributed by atoms with Gasteiger partial charge in [0.2, 0.25) is 0 Å². The molecule has 0 aliphatic carbocycles. The van der Waals surface area contributed by atoms with E-state index in [1.165, 1.54) is 11.1 Å². The molecule has 0 saturated heterocycles. The fourth-order valence-corrected chi connectivity index (χ4v) is 4.74. The number of nitrogens with zero attached hydrogens (tertiary/aromatic N) is 4. The fourth-order valence-electron chi connectivity index (χ4n) is 4.02. The first kappa shape index (κ1) is 25.2. The summed E-state index contributed by atoms with van der Waals surface area (Å²) in [5.41, 5.74) is 8.70. The van der Waals surface area contributed by atoms with Crippen molar-refractivity contribution in [3.05, 3.63) is 92.0 Å². The van der Waals surface area contributed by atoms with Crippen LogP contribution in [0.4, 0.5) is 11.4 Å². The molecule has 0 radical (unpaired) electrons. The van der Waals surface area contributed by atoms with Gasteiger partial charge in [0.1, 0.15) is 0 Å². The SMILES string of the molecule is Cc1ccc(Cn2nc(C)c(NC(=S)Nc3c(C)nn(Cc4c(Cl)cccc4Cl)c3C)c2C)cc1. The number of aryl methyl sites for hydroxylation is 3. The van der Waals surface area contributed by atoms with Crippen LogP contribution in [0, 0.1) is 34.6 Å². The molecule has 0 aliphatic rings. The largest absolute Gasteiger partial charge is 0.329 e. The molecule has 2 heterocycles. The Balaban J connectivity index is 1.49. The summed E-state index contributed by atoms with van der Waals surface area (Å²) < 4.78 is 3.87. The van der Waals surface area contributed by atoms with Crippen molar-refractivity contribution in [2.45, 2.75) is 47.7 Å². The van der Waals surface area contributed by atoms with E-state index in [1.54, 1.807) is 0 Å². The van der Waals surface area contributed by atoms with Crippen LogP contribution in [0.5, 0.6) is 0 Å². The summed E-state index contributed by atoms with van der Waals surface area (Å²) in [6.45, 7) is 11.2. The Morgan fingerprint density at radius 1 is 0.771 bits per heavy atom. The predicted octanol–water partition coefficient (Wildman–Crippen LogP) is 6.83. The Morgan fingerprint density at radius 2 is 1.26 bits per heavy atom. The number of hydrogen-bond acceptors (Lipinski definition) is 3. The monoisotopic (exact) mass is 526 g/mol. The second kappa shape index (κ2) is 10.4. The van der Waals surface area contributed by atoms with Crippen molar-refractivity contribution in [2.24, 2.45) is 0 Å². The van der Waals surface area contributed by atoms with Gasteiger partial charge in [-0.15, -0.1) is 0 Å². The molecular formula is C26H28Cl2N6S. The first-order chi connectivity index (χ1) is 16.6. The zero-order valence-corrected chi connectivity index (χ0v) is 22.7. The topological polar surface area (TPSA) is 59.7 Å².